The Bertz CT molecular complexity index is 648. The molecule has 2 nitrogen and oxygen atoms in total. The molecule has 0 spiro atoms. The second kappa shape index (κ2) is 7.28. The van der Waals surface area contributed by atoms with Crippen molar-refractivity contribution in [2.75, 3.05) is 20.2 Å². The van der Waals surface area contributed by atoms with E-state index in [-0.39, 0.29) is 0 Å². The Morgan fingerprint density at radius 2 is 2.08 bits per heavy atom. The molecule has 1 unspecified atom stereocenters. The molecule has 0 aliphatic heterocycles. The van der Waals surface area contributed by atoms with Crippen molar-refractivity contribution >= 4 is 11.3 Å². The van der Waals surface area contributed by atoms with Crippen LogP contribution in [0.15, 0.2) is 35.7 Å². The summed E-state index contributed by atoms with van der Waals surface area (Å²) in [5.41, 5.74) is 2.95. The molecule has 1 atom stereocenters. The first-order valence-electron chi connectivity index (χ1n) is 9.24. The van der Waals surface area contributed by atoms with E-state index in [0.29, 0.717) is 6.04 Å². The lowest BCUT2D eigenvalue weighted by Crippen LogP contribution is -2.41. The molecule has 2 aliphatic rings. The quantitative estimate of drug-likeness (QED) is 0.731. The van der Waals surface area contributed by atoms with Gasteiger partial charge in [-0.3, -0.25) is 4.90 Å². The number of benzene rings is 1. The first kappa shape index (κ1) is 16.2. The minimum absolute atomic E-state index is 0.675. The number of methoxy groups -OCH3 is 1. The van der Waals surface area contributed by atoms with Crippen LogP contribution in [0.3, 0.4) is 0 Å². The van der Waals surface area contributed by atoms with Crippen LogP contribution in [0.25, 0.3) is 0 Å². The standard InChI is InChI=1S/C21H27NOS/c1-23-21-6-2-4-17-9-10-18(14-20(17)21)22(15-16-7-8-16)12-11-19-5-3-13-24-19/h2-6,13,16,18H,7-12,14-15H2,1H3. The first-order valence-corrected chi connectivity index (χ1v) is 10.1. The molecule has 2 aliphatic carbocycles. The molecule has 1 fully saturated rings. The summed E-state index contributed by atoms with van der Waals surface area (Å²) in [5.74, 6) is 2.04. The Hall–Kier alpha value is -1.32. The molecule has 2 aromatic rings. The highest BCUT2D eigenvalue weighted by molar-refractivity contribution is 7.09. The van der Waals surface area contributed by atoms with Gasteiger partial charge in [-0.15, -0.1) is 11.3 Å². The van der Waals surface area contributed by atoms with E-state index in [2.05, 4.69) is 40.6 Å². The monoisotopic (exact) mass is 341 g/mol. The van der Waals surface area contributed by atoms with Crippen molar-refractivity contribution in [3.05, 3.63) is 51.7 Å². The molecule has 128 valence electrons. The minimum Gasteiger partial charge on any atom is -0.496 e. The summed E-state index contributed by atoms with van der Waals surface area (Å²) >= 11 is 1.89. The number of nitrogens with zero attached hydrogens (tertiary/aromatic N) is 1. The number of aryl methyl sites for hydroxylation is 1. The third-order valence-corrected chi connectivity index (χ3v) is 6.50. The summed E-state index contributed by atoms with van der Waals surface area (Å²) in [7, 11) is 1.80. The minimum atomic E-state index is 0.675. The summed E-state index contributed by atoms with van der Waals surface area (Å²) in [4.78, 5) is 4.30. The molecule has 4 rings (SSSR count). The van der Waals surface area contributed by atoms with Gasteiger partial charge in [-0.1, -0.05) is 18.2 Å². The Balaban J connectivity index is 1.48. The van der Waals surface area contributed by atoms with Gasteiger partial charge in [-0.05, 0) is 73.1 Å². The van der Waals surface area contributed by atoms with Crippen LogP contribution in [0.1, 0.15) is 35.3 Å². The van der Waals surface area contributed by atoms with Gasteiger partial charge >= 0.3 is 0 Å². The van der Waals surface area contributed by atoms with Crippen LogP contribution >= 0.6 is 11.3 Å². The molecule has 0 radical (unpaired) electrons. The Morgan fingerprint density at radius 3 is 2.83 bits per heavy atom. The smallest absolute Gasteiger partial charge is 0.122 e. The van der Waals surface area contributed by atoms with E-state index in [1.165, 1.54) is 61.2 Å². The molecule has 0 amide bonds. The molecule has 0 bridgehead atoms. The summed E-state index contributed by atoms with van der Waals surface area (Å²) in [6, 6.07) is 11.7. The van der Waals surface area contributed by atoms with Gasteiger partial charge in [0.15, 0.2) is 0 Å². The first-order chi connectivity index (χ1) is 11.8. The highest BCUT2D eigenvalue weighted by Gasteiger charge is 2.31. The van der Waals surface area contributed by atoms with Gasteiger partial charge in [0.05, 0.1) is 7.11 Å². The summed E-state index contributed by atoms with van der Waals surface area (Å²) < 4.78 is 5.64. The van der Waals surface area contributed by atoms with Gasteiger partial charge in [0.2, 0.25) is 0 Å². The van der Waals surface area contributed by atoms with E-state index in [4.69, 9.17) is 4.74 Å². The van der Waals surface area contributed by atoms with E-state index >= 15 is 0 Å². The predicted octanol–water partition coefficient (Wildman–Crippen LogP) is 4.57. The van der Waals surface area contributed by atoms with Crippen LogP contribution in [0.5, 0.6) is 5.75 Å². The fraction of sp³-hybridized carbons (Fsp3) is 0.524. The van der Waals surface area contributed by atoms with Crippen LogP contribution in [0.2, 0.25) is 0 Å². The second-order valence-corrected chi connectivity index (χ2v) is 8.29. The lowest BCUT2D eigenvalue weighted by atomic mass is 9.86. The van der Waals surface area contributed by atoms with E-state index in [0.717, 1.165) is 18.1 Å². The third-order valence-electron chi connectivity index (χ3n) is 5.57. The summed E-state index contributed by atoms with van der Waals surface area (Å²) in [6.45, 7) is 2.49. The van der Waals surface area contributed by atoms with E-state index in [1.807, 2.05) is 11.3 Å². The van der Waals surface area contributed by atoms with Gasteiger partial charge < -0.3 is 4.74 Å². The normalized spacial score (nSPS) is 20.2. The maximum absolute atomic E-state index is 5.64. The Kier molecular flexibility index (Phi) is 4.91. The maximum atomic E-state index is 5.64. The van der Waals surface area contributed by atoms with Crippen molar-refractivity contribution in [3.63, 3.8) is 0 Å². The lowest BCUT2D eigenvalue weighted by Gasteiger charge is -2.36. The lowest BCUT2D eigenvalue weighted by molar-refractivity contribution is 0.173. The van der Waals surface area contributed by atoms with Crippen molar-refractivity contribution in [2.24, 2.45) is 5.92 Å². The number of hydrogen-bond donors (Lipinski definition) is 0. The molecular formula is C21H27NOS. The zero-order chi connectivity index (χ0) is 16.4. The molecule has 1 heterocycles. The number of rotatable bonds is 7. The second-order valence-electron chi connectivity index (χ2n) is 7.26. The maximum Gasteiger partial charge on any atom is 0.122 e. The van der Waals surface area contributed by atoms with Crippen molar-refractivity contribution in [2.45, 2.75) is 44.6 Å². The van der Waals surface area contributed by atoms with Gasteiger partial charge in [-0.25, -0.2) is 0 Å². The van der Waals surface area contributed by atoms with Crippen LogP contribution in [-0.4, -0.2) is 31.1 Å². The molecule has 0 saturated heterocycles. The van der Waals surface area contributed by atoms with Crippen molar-refractivity contribution in [1.29, 1.82) is 0 Å². The number of hydrogen-bond acceptors (Lipinski definition) is 3. The SMILES string of the molecule is COc1cccc2c1CC(N(CCc1cccs1)CC1CC1)CC2. The van der Waals surface area contributed by atoms with E-state index in [1.54, 1.807) is 7.11 Å². The highest BCUT2D eigenvalue weighted by atomic mass is 32.1. The molecule has 1 aromatic heterocycles. The number of fused-ring (bicyclic) bond motifs is 1. The van der Waals surface area contributed by atoms with Crippen molar-refractivity contribution < 1.29 is 4.74 Å². The highest BCUT2D eigenvalue weighted by Crippen LogP contribution is 2.35. The molecule has 24 heavy (non-hydrogen) atoms. The largest absolute Gasteiger partial charge is 0.496 e. The molecule has 3 heteroatoms. The number of thiophene rings is 1. The molecule has 1 aromatic carbocycles. The van der Waals surface area contributed by atoms with Crippen LogP contribution in [0, 0.1) is 5.92 Å². The predicted molar refractivity (Wildman–Crippen MR) is 101 cm³/mol. The average Bonchev–Trinajstić information content (AvgIpc) is 3.29. The zero-order valence-electron chi connectivity index (χ0n) is 14.5. The van der Waals surface area contributed by atoms with Crippen LogP contribution < -0.4 is 4.74 Å². The van der Waals surface area contributed by atoms with Crippen molar-refractivity contribution in [1.82, 2.24) is 4.90 Å². The van der Waals surface area contributed by atoms with Crippen LogP contribution in [-0.2, 0) is 19.3 Å². The molecule has 1 saturated carbocycles. The van der Waals surface area contributed by atoms with Gasteiger partial charge in [0.25, 0.3) is 0 Å². The zero-order valence-corrected chi connectivity index (χ0v) is 15.4. The van der Waals surface area contributed by atoms with Crippen molar-refractivity contribution in [3.8, 4) is 5.75 Å². The average molecular weight is 342 g/mol. The third kappa shape index (κ3) is 3.68. The Labute approximate surface area is 149 Å². The van der Waals surface area contributed by atoms with Gasteiger partial charge in [0, 0.05) is 24.0 Å². The summed E-state index contributed by atoms with van der Waals surface area (Å²) in [6.07, 6.45) is 7.69. The van der Waals surface area contributed by atoms with E-state index in [9.17, 15) is 0 Å². The number of ether oxygens (including phenoxy) is 1. The Morgan fingerprint density at radius 1 is 1.17 bits per heavy atom. The fourth-order valence-corrected chi connectivity index (χ4v) is 4.70. The van der Waals surface area contributed by atoms with Crippen LogP contribution in [0.4, 0.5) is 0 Å². The van der Waals surface area contributed by atoms with Gasteiger partial charge in [-0.2, -0.15) is 0 Å². The topological polar surface area (TPSA) is 12.5 Å². The summed E-state index contributed by atoms with van der Waals surface area (Å²) in [5, 5.41) is 2.20. The van der Waals surface area contributed by atoms with Gasteiger partial charge in [0.1, 0.15) is 5.75 Å². The van der Waals surface area contributed by atoms with E-state index < -0.39 is 0 Å². The fourth-order valence-electron chi connectivity index (χ4n) is 4.00. The molecule has 0 N–H and O–H groups in total. The molecular weight excluding hydrogens is 314 g/mol.